The van der Waals surface area contributed by atoms with Crippen molar-refractivity contribution in [3.05, 3.63) is 40.9 Å². The van der Waals surface area contributed by atoms with Crippen LogP contribution >= 0.6 is 0 Å². The van der Waals surface area contributed by atoms with Crippen LogP contribution in [0.5, 0.6) is 0 Å². The van der Waals surface area contributed by atoms with Crippen molar-refractivity contribution in [2.75, 3.05) is 0 Å². The fraction of sp³-hybridized carbons (Fsp3) is 0.111. The van der Waals surface area contributed by atoms with Crippen LogP contribution in [-0.4, -0.2) is 14.9 Å². The van der Waals surface area contributed by atoms with Gasteiger partial charge in [0.05, 0.1) is 0 Å². The zero-order chi connectivity index (χ0) is 9.97. The molecule has 0 aliphatic carbocycles. The Hall–Kier alpha value is -1.88. The SMILES string of the molecule is O=c1oc(-c2ccccc2)nn1CO. The van der Waals surface area contributed by atoms with Gasteiger partial charge >= 0.3 is 5.76 Å². The molecule has 0 fully saturated rings. The highest BCUT2D eigenvalue weighted by atomic mass is 16.4. The Labute approximate surface area is 79.2 Å². The fourth-order valence-electron chi connectivity index (χ4n) is 1.09. The minimum Gasteiger partial charge on any atom is -0.388 e. The first kappa shape index (κ1) is 8.71. The van der Waals surface area contributed by atoms with Gasteiger partial charge in [-0.1, -0.05) is 18.2 Å². The van der Waals surface area contributed by atoms with Gasteiger partial charge in [-0.05, 0) is 12.1 Å². The Morgan fingerprint density at radius 3 is 2.64 bits per heavy atom. The van der Waals surface area contributed by atoms with Gasteiger partial charge in [0.1, 0.15) is 6.73 Å². The number of nitrogens with zero attached hydrogens (tertiary/aromatic N) is 2. The molecule has 0 radical (unpaired) electrons. The molecule has 72 valence electrons. The van der Waals surface area contributed by atoms with Crippen molar-refractivity contribution >= 4 is 0 Å². The maximum absolute atomic E-state index is 11.0. The molecule has 5 nitrogen and oxygen atoms in total. The molecule has 1 N–H and O–H groups in total. The molecule has 0 aliphatic rings. The van der Waals surface area contributed by atoms with Crippen LogP contribution in [0.4, 0.5) is 0 Å². The van der Waals surface area contributed by atoms with Crippen molar-refractivity contribution < 1.29 is 9.52 Å². The topological polar surface area (TPSA) is 68.3 Å². The molecule has 0 unspecified atom stereocenters. The number of benzene rings is 1. The average molecular weight is 192 g/mol. The smallest absolute Gasteiger partial charge is 0.388 e. The summed E-state index contributed by atoms with van der Waals surface area (Å²) in [6.45, 7) is -0.477. The first-order chi connectivity index (χ1) is 6.81. The summed E-state index contributed by atoms with van der Waals surface area (Å²) in [5, 5.41) is 12.5. The van der Waals surface area contributed by atoms with Crippen molar-refractivity contribution in [3.63, 3.8) is 0 Å². The van der Waals surface area contributed by atoms with E-state index in [1.54, 1.807) is 12.1 Å². The van der Waals surface area contributed by atoms with Crippen molar-refractivity contribution in [3.8, 4) is 11.5 Å². The molecule has 0 spiro atoms. The van der Waals surface area contributed by atoms with Gasteiger partial charge in [-0.25, -0.2) is 4.79 Å². The maximum Gasteiger partial charge on any atom is 0.439 e. The Bertz CT molecular complexity index is 472. The predicted molar refractivity (Wildman–Crippen MR) is 48.4 cm³/mol. The Morgan fingerprint density at radius 1 is 1.36 bits per heavy atom. The molecule has 0 amide bonds. The van der Waals surface area contributed by atoms with E-state index in [4.69, 9.17) is 9.52 Å². The fourth-order valence-corrected chi connectivity index (χ4v) is 1.09. The highest BCUT2D eigenvalue weighted by Gasteiger charge is 2.07. The Kier molecular flexibility index (Phi) is 2.16. The van der Waals surface area contributed by atoms with E-state index in [1.807, 2.05) is 18.2 Å². The van der Waals surface area contributed by atoms with Crippen LogP contribution in [0, 0.1) is 0 Å². The Morgan fingerprint density at radius 2 is 2.07 bits per heavy atom. The first-order valence-corrected chi connectivity index (χ1v) is 4.05. The van der Waals surface area contributed by atoms with E-state index < -0.39 is 12.5 Å². The second kappa shape index (κ2) is 3.47. The van der Waals surface area contributed by atoms with Gasteiger partial charge in [-0.2, -0.15) is 4.68 Å². The largest absolute Gasteiger partial charge is 0.439 e. The highest BCUT2D eigenvalue weighted by molar-refractivity contribution is 5.51. The predicted octanol–water partition coefficient (Wildman–Crippen LogP) is 0.453. The molecule has 2 aromatic rings. The molecular formula is C9H8N2O3. The van der Waals surface area contributed by atoms with Crippen LogP contribution in [0.3, 0.4) is 0 Å². The van der Waals surface area contributed by atoms with E-state index in [0.717, 1.165) is 4.68 Å². The summed E-state index contributed by atoms with van der Waals surface area (Å²) in [6, 6.07) is 9.02. The summed E-state index contributed by atoms with van der Waals surface area (Å²) in [6.07, 6.45) is 0. The van der Waals surface area contributed by atoms with E-state index >= 15 is 0 Å². The maximum atomic E-state index is 11.0. The van der Waals surface area contributed by atoms with E-state index in [-0.39, 0.29) is 5.89 Å². The number of rotatable bonds is 2. The normalized spacial score (nSPS) is 10.4. The van der Waals surface area contributed by atoms with Gasteiger partial charge < -0.3 is 9.52 Å². The van der Waals surface area contributed by atoms with E-state index in [0.29, 0.717) is 5.56 Å². The van der Waals surface area contributed by atoms with E-state index in [1.165, 1.54) is 0 Å². The zero-order valence-electron chi connectivity index (χ0n) is 7.25. The number of hydrogen-bond donors (Lipinski definition) is 1. The highest BCUT2D eigenvalue weighted by Crippen LogP contribution is 2.13. The van der Waals surface area contributed by atoms with Crippen molar-refractivity contribution in [1.82, 2.24) is 9.78 Å². The van der Waals surface area contributed by atoms with Crippen LogP contribution in [-0.2, 0) is 6.73 Å². The number of hydrogen-bond acceptors (Lipinski definition) is 4. The monoisotopic (exact) mass is 192 g/mol. The number of aromatic nitrogens is 2. The summed E-state index contributed by atoms with van der Waals surface area (Å²) in [5.74, 6) is -0.448. The van der Waals surface area contributed by atoms with Gasteiger partial charge in [-0.3, -0.25) is 0 Å². The lowest BCUT2D eigenvalue weighted by atomic mass is 10.2. The third-order valence-corrected chi connectivity index (χ3v) is 1.76. The summed E-state index contributed by atoms with van der Waals surface area (Å²) in [7, 11) is 0. The molecule has 14 heavy (non-hydrogen) atoms. The third kappa shape index (κ3) is 1.45. The lowest BCUT2D eigenvalue weighted by Gasteiger charge is -1.91. The van der Waals surface area contributed by atoms with E-state index in [9.17, 15) is 4.79 Å². The zero-order valence-corrected chi connectivity index (χ0v) is 7.25. The van der Waals surface area contributed by atoms with Crippen LogP contribution in [0.2, 0.25) is 0 Å². The molecule has 5 heteroatoms. The molecule has 0 saturated carbocycles. The van der Waals surface area contributed by atoms with Gasteiger partial charge in [0.15, 0.2) is 0 Å². The lowest BCUT2D eigenvalue weighted by molar-refractivity contribution is 0.186. The number of aliphatic hydroxyl groups excluding tert-OH is 1. The van der Waals surface area contributed by atoms with Crippen LogP contribution in [0.25, 0.3) is 11.5 Å². The summed E-state index contributed by atoms with van der Waals surface area (Å²) in [4.78, 5) is 11.0. The molecule has 2 rings (SSSR count). The van der Waals surface area contributed by atoms with Gasteiger partial charge in [-0.15, -0.1) is 5.10 Å². The van der Waals surface area contributed by atoms with Crippen molar-refractivity contribution in [1.29, 1.82) is 0 Å². The molecule has 1 aromatic heterocycles. The summed E-state index contributed by atoms with van der Waals surface area (Å²) >= 11 is 0. The molecule has 1 heterocycles. The summed E-state index contributed by atoms with van der Waals surface area (Å²) < 4.78 is 5.68. The molecule has 0 bridgehead atoms. The minimum absolute atomic E-state index is 0.213. The van der Waals surface area contributed by atoms with Gasteiger partial charge in [0.25, 0.3) is 0 Å². The molecular weight excluding hydrogens is 184 g/mol. The third-order valence-electron chi connectivity index (χ3n) is 1.76. The van der Waals surface area contributed by atoms with Crippen LogP contribution in [0.15, 0.2) is 39.5 Å². The lowest BCUT2D eigenvalue weighted by Crippen LogP contribution is -2.15. The minimum atomic E-state index is -0.661. The van der Waals surface area contributed by atoms with Gasteiger partial charge in [0.2, 0.25) is 5.89 Å². The summed E-state index contributed by atoms with van der Waals surface area (Å²) in [5.41, 5.74) is 0.705. The Balaban J connectivity index is 2.48. The molecule has 0 saturated heterocycles. The molecule has 0 aliphatic heterocycles. The van der Waals surface area contributed by atoms with Crippen LogP contribution in [0.1, 0.15) is 0 Å². The molecule has 1 aromatic carbocycles. The van der Waals surface area contributed by atoms with Crippen molar-refractivity contribution in [2.24, 2.45) is 0 Å². The van der Waals surface area contributed by atoms with Gasteiger partial charge in [0, 0.05) is 5.56 Å². The average Bonchev–Trinajstić information content (AvgIpc) is 2.61. The van der Waals surface area contributed by atoms with Crippen molar-refractivity contribution in [2.45, 2.75) is 6.73 Å². The number of aliphatic hydroxyl groups is 1. The second-order valence-electron chi connectivity index (χ2n) is 2.68. The van der Waals surface area contributed by atoms with E-state index in [2.05, 4.69) is 5.10 Å². The van der Waals surface area contributed by atoms with Crippen LogP contribution < -0.4 is 5.76 Å². The quantitative estimate of drug-likeness (QED) is 0.750. The first-order valence-electron chi connectivity index (χ1n) is 4.05. The second-order valence-corrected chi connectivity index (χ2v) is 2.68. The molecule has 0 atom stereocenters. The standard InChI is InChI=1S/C9H8N2O3/c12-6-11-9(13)14-8(10-11)7-4-2-1-3-5-7/h1-5,12H,6H2.